The maximum absolute atomic E-state index is 6.00. The van der Waals surface area contributed by atoms with Crippen molar-refractivity contribution in [2.75, 3.05) is 27.4 Å². The Hall–Kier alpha value is -2.72. The van der Waals surface area contributed by atoms with Gasteiger partial charge in [0.1, 0.15) is 5.75 Å². The van der Waals surface area contributed by atoms with Gasteiger partial charge in [0, 0.05) is 12.1 Å². The Balaban J connectivity index is 1.68. The lowest BCUT2D eigenvalue weighted by Gasteiger charge is -2.15. The third-order valence-electron chi connectivity index (χ3n) is 4.80. The zero-order valence-electron chi connectivity index (χ0n) is 17.0. The predicted octanol–water partition coefficient (Wildman–Crippen LogP) is 4.98. The van der Waals surface area contributed by atoms with Gasteiger partial charge < -0.3 is 19.5 Å². The molecule has 4 heteroatoms. The van der Waals surface area contributed by atoms with Gasteiger partial charge in [0.2, 0.25) is 0 Å². The lowest BCUT2D eigenvalue weighted by molar-refractivity contribution is 0.314. The molecule has 0 amide bonds. The minimum atomic E-state index is 0.733. The van der Waals surface area contributed by atoms with Crippen molar-refractivity contribution in [2.45, 2.75) is 26.3 Å². The monoisotopic (exact) mass is 379 g/mol. The molecule has 0 spiro atoms. The molecule has 0 unspecified atom stereocenters. The first-order chi connectivity index (χ1) is 13.8. The van der Waals surface area contributed by atoms with Crippen LogP contribution in [0.5, 0.6) is 17.2 Å². The van der Waals surface area contributed by atoms with Gasteiger partial charge in [0.05, 0.1) is 20.8 Å². The topological polar surface area (TPSA) is 39.7 Å². The third kappa shape index (κ3) is 4.76. The lowest BCUT2D eigenvalue weighted by atomic mass is 10.0. The Kier molecular flexibility index (Phi) is 7.15. The van der Waals surface area contributed by atoms with Crippen molar-refractivity contribution in [3.05, 3.63) is 65.7 Å². The van der Waals surface area contributed by atoms with Crippen molar-refractivity contribution in [1.82, 2.24) is 5.32 Å². The fourth-order valence-electron chi connectivity index (χ4n) is 3.33. The molecule has 0 aromatic heterocycles. The fraction of sp³-hybridized carbons (Fsp3) is 0.333. The molecule has 3 rings (SSSR count). The Labute approximate surface area is 167 Å². The van der Waals surface area contributed by atoms with Crippen LogP contribution in [0.3, 0.4) is 0 Å². The van der Waals surface area contributed by atoms with E-state index in [0.29, 0.717) is 0 Å². The van der Waals surface area contributed by atoms with Crippen molar-refractivity contribution in [3.8, 4) is 17.2 Å². The molecule has 0 heterocycles. The maximum atomic E-state index is 6.00. The van der Waals surface area contributed by atoms with Crippen LogP contribution in [0.4, 0.5) is 0 Å². The second-order valence-corrected chi connectivity index (χ2v) is 6.73. The summed E-state index contributed by atoms with van der Waals surface area (Å²) in [5.74, 6) is 2.50. The minimum absolute atomic E-state index is 0.733. The molecule has 28 heavy (non-hydrogen) atoms. The lowest BCUT2D eigenvalue weighted by Crippen LogP contribution is -2.17. The van der Waals surface area contributed by atoms with Gasteiger partial charge >= 0.3 is 0 Å². The first-order valence-electron chi connectivity index (χ1n) is 9.81. The van der Waals surface area contributed by atoms with Crippen molar-refractivity contribution < 1.29 is 14.2 Å². The van der Waals surface area contributed by atoms with E-state index in [1.807, 2.05) is 12.1 Å². The average Bonchev–Trinajstić information content (AvgIpc) is 2.75. The summed E-state index contributed by atoms with van der Waals surface area (Å²) in [6.07, 6.45) is 1.91. The Morgan fingerprint density at radius 2 is 1.64 bits per heavy atom. The van der Waals surface area contributed by atoms with E-state index in [9.17, 15) is 0 Å². The van der Waals surface area contributed by atoms with E-state index in [-0.39, 0.29) is 0 Å². The molecule has 4 nitrogen and oxygen atoms in total. The smallest absolute Gasteiger partial charge is 0.160 e. The summed E-state index contributed by atoms with van der Waals surface area (Å²) in [7, 11) is 3.32. The summed E-state index contributed by atoms with van der Waals surface area (Å²) in [4.78, 5) is 0. The number of methoxy groups -OCH3 is 2. The van der Waals surface area contributed by atoms with E-state index in [1.54, 1.807) is 14.2 Å². The molecule has 0 fully saturated rings. The predicted molar refractivity (Wildman–Crippen MR) is 115 cm³/mol. The van der Waals surface area contributed by atoms with Gasteiger partial charge in [-0.1, -0.05) is 43.3 Å². The second kappa shape index (κ2) is 10.00. The largest absolute Gasteiger partial charge is 0.493 e. The van der Waals surface area contributed by atoms with Gasteiger partial charge in [-0.25, -0.2) is 0 Å². The molecule has 0 aliphatic carbocycles. The molecule has 1 N–H and O–H groups in total. The molecular weight excluding hydrogens is 350 g/mol. The summed E-state index contributed by atoms with van der Waals surface area (Å²) in [5, 5.41) is 6.06. The van der Waals surface area contributed by atoms with Gasteiger partial charge in [0.25, 0.3) is 0 Å². The van der Waals surface area contributed by atoms with Crippen LogP contribution in [0.2, 0.25) is 0 Å². The van der Waals surface area contributed by atoms with Gasteiger partial charge in [-0.3, -0.25) is 0 Å². The summed E-state index contributed by atoms with van der Waals surface area (Å²) in [6, 6.07) is 18.8. The van der Waals surface area contributed by atoms with Crippen LogP contribution < -0.4 is 19.5 Å². The normalized spacial score (nSPS) is 10.8. The van der Waals surface area contributed by atoms with Crippen LogP contribution in [-0.4, -0.2) is 27.4 Å². The molecule has 148 valence electrons. The summed E-state index contributed by atoms with van der Waals surface area (Å²) >= 11 is 0. The molecule has 3 aromatic carbocycles. The quantitative estimate of drug-likeness (QED) is 0.505. The maximum Gasteiger partial charge on any atom is 0.160 e. The van der Waals surface area contributed by atoms with Crippen LogP contribution in [0, 0.1) is 0 Å². The number of benzene rings is 3. The number of rotatable bonds is 10. The van der Waals surface area contributed by atoms with E-state index >= 15 is 0 Å². The van der Waals surface area contributed by atoms with Crippen LogP contribution in [-0.2, 0) is 13.0 Å². The molecule has 0 saturated heterocycles. The second-order valence-electron chi connectivity index (χ2n) is 6.73. The van der Waals surface area contributed by atoms with Crippen LogP contribution >= 0.6 is 0 Å². The van der Waals surface area contributed by atoms with Gasteiger partial charge in [-0.15, -0.1) is 0 Å². The average molecular weight is 380 g/mol. The molecule has 0 bridgehead atoms. The standard InChI is InChI=1S/C24H29NO3/c1-4-15-28-22-12-10-19-7-5-6-8-20(19)21(22)17-25-14-13-18-9-11-23(26-2)24(16-18)27-3/h5-12,16,25H,4,13-15,17H2,1-3H3. The molecular formula is C24H29NO3. The highest BCUT2D eigenvalue weighted by Gasteiger charge is 2.09. The molecule has 0 radical (unpaired) electrons. The highest BCUT2D eigenvalue weighted by atomic mass is 16.5. The number of hydrogen-bond donors (Lipinski definition) is 1. The van der Waals surface area contributed by atoms with E-state index < -0.39 is 0 Å². The molecule has 0 aliphatic rings. The van der Waals surface area contributed by atoms with Crippen molar-refractivity contribution >= 4 is 10.8 Å². The van der Waals surface area contributed by atoms with Crippen molar-refractivity contribution in [3.63, 3.8) is 0 Å². The number of hydrogen-bond acceptors (Lipinski definition) is 4. The van der Waals surface area contributed by atoms with Crippen LogP contribution in [0.1, 0.15) is 24.5 Å². The fourth-order valence-corrected chi connectivity index (χ4v) is 3.33. The minimum Gasteiger partial charge on any atom is -0.493 e. The molecule has 3 aromatic rings. The zero-order chi connectivity index (χ0) is 19.8. The van der Waals surface area contributed by atoms with E-state index in [0.717, 1.165) is 49.8 Å². The Morgan fingerprint density at radius 1 is 0.857 bits per heavy atom. The highest BCUT2D eigenvalue weighted by Crippen LogP contribution is 2.29. The molecule has 0 aliphatic heterocycles. The van der Waals surface area contributed by atoms with Gasteiger partial charge in [-0.05, 0) is 53.9 Å². The highest BCUT2D eigenvalue weighted by molar-refractivity contribution is 5.87. The SMILES string of the molecule is CCCOc1ccc2ccccc2c1CNCCc1ccc(OC)c(OC)c1. The number of ether oxygens (including phenoxy) is 3. The van der Waals surface area contributed by atoms with Crippen LogP contribution in [0.25, 0.3) is 10.8 Å². The van der Waals surface area contributed by atoms with Gasteiger partial charge in [0.15, 0.2) is 11.5 Å². The first kappa shape index (κ1) is 20.0. The third-order valence-corrected chi connectivity index (χ3v) is 4.80. The zero-order valence-corrected chi connectivity index (χ0v) is 17.0. The molecule has 0 saturated carbocycles. The van der Waals surface area contributed by atoms with Crippen molar-refractivity contribution in [1.29, 1.82) is 0 Å². The Bertz CT molecular complexity index is 907. The van der Waals surface area contributed by atoms with E-state index in [4.69, 9.17) is 14.2 Å². The number of nitrogens with one attached hydrogen (secondary N) is 1. The first-order valence-corrected chi connectivity index (χ1v) is 9.81. The summed E-state index contributed by atoms with van der Waals surface area (Å²) < 4.78 is 16.7. The summed E-state index contributed by atoms with van der Waals surface area (Å²) in [6.45, 7) is 4.50. The van der Waals surface area contributed by atoms with E-state index in [2.05, 4.69) is 54.7 Å². The molecule has 0 atom stereocenters. The summed E-state index contributed by atoms with van der Waals surface area (Å²) in [5.41, 5.74) is 2.43. The van der Waals surface area contributed by atoms with E-state index in [1.165, 1.54) is 21.9 Å². The van der Waals surface area contributed by atoms with Crippen LogP contribution in [0.15, 0.2) is 54.6 Å². The van der Waals surface area contributed by atoms with Crippen molar-refractivity contribution in [2.24, 2.45) is 0 Å². The van der Waals surface area contributed by atoms with Gasteiger partial charge in [-0.2, -0.15) is 0 Å². The Morgan fingerprint density at radius 3 is 2.43 bits per heavy atom. The number of fused-ring (bicyclic) bond motifs is 1.